The fourth-order valence-electron chi connectivity index (χ4n) is 2.23. The molecule has 110 valence electrons. The monoisotopic (exact) mass is 300 g/mol. The summed E-state index contributed by atoms with van der Waals surface area (Å²) < 4.78 is 13.6. The van der Waals surface area contributed by atoms with Crippen molar-refractivity contribution >= 4 is 5.78 Å². The van der Waals surface area contributed by atoms with E-state index < -0.39 is 0 Å². The molecule has 1 nitrogen and oxygen atoms in total. The number of benzene rings is 3. The third-order valence-electron chi connectivity index (χ3n) is 3.41. The maximum Gasteiger partial charge on any atom is 0.194 e. The van der Waals surface area contributed by atoms with Gasteiger partial charge in [0.15, 0.2) is 5.78 Å². The van der Waals surface area contributed by atoms with Gasteiger partial charge in [0.1, 0.15) is 5.82 Å². The number of hydrogen-bond donors (Lipinski definition) is 0. The van der Waals surface area contributed by atoms with Crippen molar-refractivity contribution in [3.63, 3.8) is 0 Å². The van der Waals surface area contributed by atoms with Crippen molar-refractivity contribution in [2.75, 3.05) is 0 Å². The van der Waals surface area contributed by atoms with Crippen molar-refractivity contribution in [2.24, 2.45) is 0 Å². The fraction of sp³-hybridized carbons (Fsp3) is 0. The molecule has 0 bridgehead atoms. The van der Waals surface area contributed by atoms with E-state index in [0.29, 0.717) is 22.3 Å². The van der Waals surface area contributed by atoms with Gasteiger partial charge in [-0.05, 0) is 24.3 Å². The molecular formula is C21H13FO. The molecule has 0 atom stereocenters. The third-order valence-corrected chi connectivity index (χ3v) is 3.41. The van der Waals surface area contributed by atoms with E-state index in [1.807, 2.05) is 24.3 Å². The standard InChI is InChI=1S/C21H13FO/c22-20-13-7-5-9-17(20)15-14-16-8-4-6-12-19(16)21(23)18-10-2-1-3-11-18/h1-13H. The lowest BCUT2D eigenvalue weighted by molar-refractivity contribution is 0.103. The summed E-state index contributed by atoms with van der Waals surface area (Å²) in [5.41, 5.74) is 2.02. The van der Waals surface area contributed by atoms with Crippen LogP contribution in [0.5, 0.6) is 0 Å². The van der Waals surface area contributed by atoms with Crippen LogP contribution >= 0.6 is 0 Å². The van der Waals surface area contributed by atoms with E-state index in [1.54, 1.807) is 48.5 Å². The molecule has 3 aromatic carbocycles. The van der Waals surface area contributed by atoms with Crippen molar-refractivity contribution in [1.82, 2.24) is 0 Å². The quantitative estimate of drug-likeness (QED) is 0.504. The summed E-state index contributed by atoms with van der Waals surface area (Å²) in [4.78, 5) is 12.6. The second-order valence-electron chi connectivity index (χ2n) is 4.97. The van der Waals surface area contributed by atoms with Crippen LogP contribution < -0.4 is 0 Å². The molecule has 3 aromatic rings. The van der Waals surface area contributed by atoms with E-state index in [2.05, 4.69) is 11.8 Å². The second-order valence-corrected chi connectivity index (χ2v) is 4.97. The van der Waals surface area contributed by atoms with Crippen LogP contribution in [0.2, 0.25) is 0 Å². The average Bonchev–Trinajstić information content (AvgIpc) is 2.61. The molecule has 0 saturated heterocycles. The lowest BCUT2D eigenvalue weighted by Gasteiger charge is -2.03. The summed E-state index contributed by atoms with van der Waals surface area (Å²) in [7, 11) is 0. The van der Waals surface area contributed by atoms with Gasteiger partial charge in [-0.2, -0.15) is 0 Å². The minimum atomic E-state index is -0.369. The minimum absolute atomic E-state index is 0.0935. The Morgan fingerprint density at radius 3 is 2.00 bits per heavy atom. The van der Waals surface area contributed by atoms with Crippen LogP contribution in [0.15, 0.2) is 78.9 Å². The lowest BCUT2D eigenvalue weighted by Crippen LogP contribution is -2.03. The Morgan fingerprint density at radius 1 is 0.696 bits per heavy atom. The Kier molecular flexibility index (Phi) is 4.31. The summed E-state index contributed by atoms with van der Waals surface area (Å²) in [5, 5.41) is 0. The fourth-order valence-corrected chi connectivity index (χ4v) is 2.23. The van der Waals surface area contributed by atoms with Gasteiger partial charge in [-0.25, -0.2) is 4.39 Å². The Labute approximate surface area is 134 Å². The van der Waals surface area contributed by atoms with E-state index in [9.17, 15) is 9.18 Å². The van der Waals surface area contributed by atoms with Gasteiger partial charge in [-0.15, -0.1) is 0 Å². The van der Waals surface area contributed by atoms with E-state index in [0.717, 1.165) is 0 Å². The molecule has 0 heterocycles. The molecule has 3 rings (SSSR count). The van der Waals surface area contributed by atoms with Gasteiger partial charge >= 0.3 is 0 Å². The highest BCUT2D eigenvalue weighted by atomic mass is 19.1. The van der Waals surface area contributed by atoms with Crippen molar-refractivity contribution in [3.05, 3.63) is 107 Å². The summed E-state index contributed by atoms with van der Waals surface area (Å²) in [6.45, 7) is 0. The first-order valence-electron chi connectivity index (χ1n) is 7.21. The van der Waals surface area contributed by atoms with Crippen LogP contribution in [-0.4, -0.2) is 5.78 Å². The minimum Gasteiger partial charge on any atom is -0.289 e. The van der Waals surface area contributed by atoms with Gasteiger partial charge in [0.05, 0.1) is 5.56 Å². The molecule has 0 unspecified atom stereocenters. The molecule has 0 amide bonds. The van der Waals surface area contributed by atoms with E-state index in [1.165, 1.54) is 6.07 Å². The van der Waals surface area contributed by atoms with Crippen molar-refractivity contribution < 1.29 is 9.18 Å². The van der Waals surface area contributed by atoms with Crippen molar-refractivity contribution in [1.29, 1.82) is 0 Å². The Balaban J connectivity index is 2.00. The average molecular weight is 300 g/mol. The number of carbonyl (C=O) groups is 1. The maximum absolute atomic E-state index is 13.6. The lowest BCUT2D eigenvalue weighted by atomic mass is 9.98. The van der Waals surface area contributed by atoms with Crippen LogP contribution in [0.1, 0.15) is 27.0 Å². The molecule has 0 radical (unpaired) electrons. The molecule has 0 spiro atoms. The molecule has 0 saturated carbocycles. The summed E-state index contributed by atoms with van der Waals surface area (Å²) in [6, 6.07) is 22.5. The molecule has 23 heavy (non-hydrogen) atoms. The predicted molar refractivity (Wildman–Crippen MR) is 88.7 cm³/mol. The summed E-state index contributed by atoms with van der Waals surface area (Å²) in [5.74, 6) is 5.25. The topological polar surface area (TPSA) is 17.1 Å². The Morgan fingerprint density at radius 2 is 1.26 bits per heavy atom. The number of ketones is 1. The first-order valence-corrected chi connectivity index (χ1v) is 7.21. The molecular weight excluding hydrogens is 287 g/mol. The molecule has 0 aromatic heterocycles. The number of halogens is 1. The van der Waals surface area contributed by atoms with Gasteiger partial charge in [0.2, 0.25) is 0 Å². The van der Waals surface area contributed by atoms with Crippen molar-refractivity contribution in [3.8, 4) is 11.8 Å². The van der Waals surface area contributed by atoms with Gasteiger partial charge < -0.3 is 0 Å². The highest BCUT2D eigenvalue weighted by Crippen LogP contribution is 2.14. The SMILES string of the molecule is O=C(c1ccccc1)c1ccccc1C#Cc1ccccc1F. The highest BCUT2D eigenvalue weighted by molar-refractivity contribution is 6.10. The summed E-state index contributed by atoms with van der Waals surface area (Å²) >= 11 is 0. The predicted octanol–water partition coefficient (Wildman–Crippen LogP) is 4.46. The molecule has 0 fully saturated rings. The second kappa shape index (κ2) is 6.72. The van der Waals surface area contributed by atoms with Gasteiger partial charge in [0.25, 0.3) is 0 Å². The number of rotatable bonds is 2. The molecule has 0 aliphatic rings. The molecule has 0 N–H and O–H groups in total. The van der Waals surface area contributed by atoms with Crippen LogP contribution in [0, 0.1) is 17.7 Å². The third kappa shape index (κ3) is 3.36. The van der Waals surface area contributed by atoms with Crippen LogP contribution in [0.4, 0.5) is 4.39 Å². The number of carbonyl (C=O) groups excluding carboxylic acids is 1. The van der Waals surface area contributed by atoms with Gasteiger partial charge in [0, 0.05) is 16.7 Å². The highest BCUT2D eigenvalue weighted by Gasteiger charge is 2.11. The molecule has 2 heteroatoms. The molecule has 0 aliphatic heterocycles. The zero-order valence-corrected chi connectivity index (χ0v) is 12.3. The Hall–Kier alpha value is -3.18. The van der Waals surface area contributed by atoms with Gasteiger partial charge in [-0.1, -0.05) is 66.4 Å². The molecule has 0 aliphatic carbocycles. The maximum atomic E-state index is 13.6. The smallest absolute Gasteiger partial charge is 0.194 e. The van der Waals surface area contributed by atoms with Gasteiger partial charge in [-0.3, -0.25) is 4.79 Å². The van der Waals surface area contributed by atoms with Crippen LogP contribution in [0.25, 0.3) is 0 Å². The van der Waals surface area contributed by atoms with Crippen molar-refractivity contribution in [2.45, 2.75) is 0 Å². The normalized spacial score (nSPS) is 9.78. The van der Waals surface area contributed by atoms with Crippen LogP contribution in [0.3, 0.4) is 0 Å². The zero-order chi connectivity index (χ0) is 16.1. The Bertz CT molecular complexity index is 902. The van der Waals surface area contributed by atoms with E-state index in [-0.39, 0.29) is 11.6 Å². The zero-order valence-electron chi connectivity index (χ0n) is 12.3. The summed E-state index contributed by atoms with van der Waals surface area (Å²) in [6.07, 6.45) is 0. The van der Waals surface area contributed by atoms with E-state index in [4.69, 9.17) is 0 Å². The number of hydrogen-bond acceptors (Lipinski definition) is 1. The van der Waals surface area contributed by atoms with E-state index >= 15 is 0 Å². The first kappa shape index (κ1) is 14.7. The van der Waals surface area contributed by atoms with Crippen LogP contribution in [-0.2, 0) is 0 Å². The first-order chi connectivity index (χ1) is 11.3. The largest absolute Gasteiger partial charge is 0.289 e.